The Morgan fingerprint density at radius 2 is 1.77 bits per heavy atom. The number of ether oxygens (including phenoxy) is 1. The van der Waals surface area contributed by atoms with Crippen molar-refractivity contribution in [3.63, 3.8) is 0 Å². The number of anilines is 1. The molecule has 1 saturated heterocycles. The van der Waals surface area contributed by atoms with E-state index < -0.39 is 46.3 Å². The summed E-state index contributed by atoms with van der Waals surface area (Å²) in [5, 5.41) is 17.4. The van der Waals surface area contributed by atoms with E-state index in [1.54, 1.807) is 7.05 Å². The van der Waals surface area contributed by atoms with Crippen molar-refractivity contribution in [2.75, 3.05) is 24.7 Å². The van der Waals surface area contributed by atoms with Crippen molar-refractivity contribution in [1.29, 1.82) is 0 Å². The fourth-order valence-electron chi connectivity index (χ4n) is 4.53. The van der Waals surface area contributed by atoms with Gasteiger partial charge in [0.1, 0.15) is 22.7 Å². The number of sulfonamides is 1. The standard InChI is InChI=1S/C26H32F3N7O5S.5Hs.H2S/c1-16-11-24(3,4)35(12-16)22-18(23(38)33-42(39,40)19-13-34(6)31-17(19)2)7-8-20(30-22)36-10-9-21(32-36)41-15-25(5,14-37)26(27,28)29;;;;;;/h7-11,13,16,37H,1,12,14-15H2,2-6H3,(H,33,38);;;;;;1H2/q-2;;;;;;/t16-,25?;;;;;;/m0....../s1. The number of aromatic nitrogens is 5. The first kappa shape index (κ1) is 44.1. The molecule has 248 valence electrons. The van der Waals surface area contributed by atoms with Crippen LogP contribution in [0.15, 0.2) is 35.5 Å². The van der Waals surface area contributed by atoms with Crippen LogP contribution in [0.5, 0.6) is 5.88 Å². The summed E-state index contributed by atoms with van der Waals surface area (Å²) >= 11 is 0. The van der Waals surface area contributed by atoms with Gasteiger partial charge in [0, 0.05) is 25.5 Å². The summed E-state index contributed by atoms with van der Waals surface area (Å²) in [5.41, 5.74) is -2.93. The molecular formula is C26H34F3Hs5N7O5S2-2. The molecule has 1 fully saturated rings. The van der Waals surface area contributed by atoms with Gasteiger partial charge in [0.25, 0.3) is 15.9 Å². The molecule has 0 bridgehead atoms. The summed E-state index contributed by atoms with van der Waals surface area (Å²) in [7, 11) is -2.71. The van der Waals surface area contributed by atoms with Gasteiger partial charge in [-0.3, -0.25) is 15.4 Å². The second-order valence-electron chi connectivity index (χ2n) is 11.0. The van der Waals surface area contributed by atoms with Crippen molar-refractivity contribution in [2.45, 2.75) is 44.3 Å². The molecule has 0 spiro atoms. The molecule has 1 amide bonds. The molecule has 3 aromatic rings. The summed E-state index contributed by atoms with van der Waals surface area (Å²) in [4.78, 5) is 19.7. The van der Waals surface area contributed by atoms with E-state index in [0.717, 1.165) is 6.92 Å². The number of nitrogens with zero attached hydrogens (tertiary/aromatic N) is 6. The number of halogens is 3. The number of carbonyl (C=O) groups excluding carboxylic acids is 1. The van der Waals surface area contributed by atoms with E-state index in [2.05, 4.69) is 26.8 Å². The minimum atomic E-state index is -4.70. The van der Waals surface area contributed by atoms with Gasteiger partial charge in [-0.2, -0.15) is 31.8 Å². The number of aliphatic hydroxyl groups excluding tert-OH is 1. The van der Waals surface area contributed by atoms with Gasteiger partial charge in [0.2, 0.25) is 5.88 Å². The van der Waals surface area contributed by atoms with E-state index in [-0.39, 0.29) is 53.1 Å². The van der Waals surface area contributed by atoms with Crippen LogP contribution in [0.2, 0.25) is 0 Å². The molecule has 48 heavy (non-hydrogen) atoms. The molecule has 1 aliphatic heterocycles. The third-order valence-electron chi connectivity index (χ3n) is 6.97. The van der Waals surface area contributed by atoms with Crippen LogP contribution in [0.1, 0.15) is 36.8 Å². The Morgan fingerprint density at radius 3 is 2.25 bits per heavy atom. The number of aliphatic hydroxyl groups is 1. The van der Waals surface area contributed by atoms with Crippen LogP contribution in [0.4, 0.5) is 19.0 Å². The first-order valence-electron chi connectivity index (χ1n) is 12.8. The van der Waals surface area contributed by atoms with Gasteiger partial charge in [-0.15, -0.1) is 5.10 Å². The van der Waals surface area contributed by atoms with Gasteiger partial charge in [0.05, 0.1) is 17.9 Å². The summed E-state index contributed by atoms with van der Waals surface area (Å²) in [6, 6.07) is 4.14. The normalized spacial score (nSPS) is 16.3. The molecule has 2 atom stereocenters. The molecule has 1 unspecified atom stereocenters. The van der Waals surface area contributed by atoms with E-state index >= 15 is 0 Å². The predicted octanol–water partition coefficient (Wildman–Crippen LogP) is 2.73. The van der Waals surface area contributed by atoms with Crippen molar-refractivity contribution in [3.05, 3.63) is 55.2 Å². The molecule has 0 radical (unpaired) electrons. The molecular weight excluding hydrogens is 1960 g/mol. The third-order valence-corrected chi connectivity index (χ3v) is 8.41. The second-order valence-corrected chi connectivity index (χ2v) is 12.7. The Hall–Kier alpha value is -8.31. The fourth-order valence-corrected chi connectivity index (χ4v) is 5.72. The maximum absolute atomic E-state index is 13.4. The van der Waals surface area contributed by atoms with E-state index in [1.165, 1.54) is 46.9 Å². The maximum Gasteiger partial charge on any atom is 0.399 e. The number of hydrogen-bond donors (Lipinski definition) is 2. The van der Waals surface area contributed by atoms with Gasteiger partial charge in [-0.05, 0) is 32.5 Å². The zero-order valence-electron chi connectivity index (χ0n) is 27.7. The number of rotatable bonds is 9. The minimum Gasteiger partial charge on any atom is -0.476 e. The first-order chi connectivity index (χ1) is 19.4. The Labute approximate surface area is 254 Å². The van der Waals surface area contributed by atoms with Crippen molar-refractivity contribution >= 4 is 35.2 Å². The summed E-state index contributed by atoms with van der Waals surface area (Å²) in [6.07, 6.45) is -0.0379. The van der Waals surface area contributed by atoms with Gasteiger partial charge < -0.3 is 28.1 Å². The van der Waals surface area contributed by atoms with Crippen LogP contribution >= 0.6 is 13.5 Å². The van der Waals surface area contributed by atoms with Gasteiger partial charge in [0.15, 0.2) is 5.82 Å². The number of amides is 1. The Morgan fingerprint density at radius 1 is 1.17 bits per heavy atom. The van der Waals surface area contributed by atoms with E-state index in [9.17, 15) is 31.5 Å². The Kier molecular flexibility index (Phi) is 12.9. The minimum absolute atomic E-state index is 0. The second kappa shape index (κ2) is 14.0. The molecule has 1 aliphatic rings. The van der Waals surface area contributed by atoms with E-state index in [4.69, 9.17) is 4.74 Å². The molecule has 0 aromatic carbocycles. The maximum atomic E-state index is 13.4. The summed E-state index contributed by atoms with van der Waals surface area (Å²) < 4.78 is 75.9. The average molecular weight is 1990 g/mol. The first-order valence-corrected chi connectivity index (χ1v) is 14.3. The van der Waals surface area contributed by atoms with Crippen molar-refractivity contribution in [1.82, 2.24) is 29.3 Å². The Balaban J connectivity index is -0.00000337. The van der Waals surface area contributed by atoms with Crippen molar-refractivity contribution < 1.29 is 36.2 Å². The summed E-state index contributed by atoms with van der Waals surface area (Å²) in [5.74, 6) is -0.850. The smallest absolute Gasteiger partial charge is 0.399 e. The average Bonchev–Trinajstić information content (AvgIpc) is 3.57. The van der Waals surface area contributed by atoms with Crippen LogP contribution in [-0.4, -0.2) is 75.5 Å². The number of hydrogen-bond acceptors (Lipinski definition) is 9. The SMILES string of the molecule is S.[CH2-][C@H]1[CH-]C(C)(C)N(c2nc(-n3ccc(OCC(C)(CO)C(F)(F)F)n3)ccc2C(=O)NS(=O)(=O)c2cn(C)nc2C)C1.[Hs].[Hs].[Hs].[Hs].[Hs]. The molecule has 4 heterocycles. The van der Waals surface area contributed by atoms with Gasteiger partial charge >= 0.3 is 6.18 Å². The quantitative estimate of drug-likeness (QED) is 0.310. The van der Waals surface area contributed by atoms with Crippen molar-refractivity contribution in [2.24, 2.45) is 18.4 Å². The monoisotopic (exact) mass is 1990 g/mol. The largest absolute Gasteiger partial charge is 0.476 e. The van der Waals surface area contributed by atoms with Crippen LogP contribution in [0, 0.1) is 31.6 Å². The number of pyridine rings is 1. The molecule has 0 aliphatic carbocycles. The molecule has 2 N–H and O–H groups in total. The molecule has 3 aromatic heterocycles. The zero-order chi connectivity index (χ0) is 31.3. The van der Waals surface area contributed by atoms with Crippen LogP contribution in [0.3, 0.4) is 0 Å². The Bertz CT molecular complexity index is 1610. The number of aryl methyl sites for hydroxylation is 2. The molecule has 0 saturated carbocycles. The van der Waals surface area contributed by atoms with Gasteiger partial charge in [-0.25, -0.2) is 22.8 Å². The van der Waals surface area contributed by atoms with E-state index in [0.29, 0.717) is 6.54 Å². The van der Waals surface area contributed by atoms with Crippen LogP contribution in [-0.2, 0) is 17.1 Å². The number of carbonyl (C=O) groups is 1. The molecule has 12 nitrogen and oxygen atoms in total. The van der Waals surface area contributed by atoms with E-state index in [1.807, 2.05) is 25.2 Å². The zero-order valence-corrected chi connectivity index (χ0v) is 62.2. The van der Waals surface area contributed by atoms with Crippen molar-refractivity contribution in [3.8, 4) is 11.7 Å². The molecule has 4 rings (SSSR count). The van der Waals surface area contributed by atoms with Crippen LogP contribution in [0.25, 0.3) is 5.82 Å². The van der Waals surface area contributed by atoms with Crippen LogP contribution < -0.4 is 14.4 Å². The number of alkyl halides is 3. The third kappa shape index (κ3) is 7.60. The summed E-state index contributed by atoms with van der Waals surface area (Å²) in [6.45, 7) is 8.55. The predicted molar refractivity (Wildman–Crippen MR) is 156 cm³/mol. The van der Waals surface area contributed by atoms with Gasteiger partial charge in [-0.1, -0.05) is 19.4 Å². The molecule has 22 heteroatoms. The fraction of sp³-hybridized carbons (Fsp3) is 0.462. The number of nitrogens with one attached hydrogen (secondary N) is 1. The topological polar surface area (TPSA) is 144 Å².